The first-order chi connectivity index (χ1) is 11.2. The van der Waals surface area contributed by atoms with Crippen LogP contribution in [0.3, 0.4) is 0 Å². The fourth-order valence-corrected chi connectivity index (χ4v) is 2.40. The Balaban J connectivity index is 1.98. The fourth-order valence-electron chi connectivity index (χ4n) is 2.40. The van der Waals surface area contributed by atoms with E-state index in [0.717, 1.165) is 11.3 Å². The highest BCUT2D eigenvalue weighted by molar-refractivity contribution is 6.06. The Labute approximate surface area is 134 Å². The minimum Gasteiger partial charge on any atom is -0.328 e. The summed E-state index contributed by atoms with van der Waals surface area (Å²) >= 11 is 0. The number of benzene rings is 2. The Morgan fingerprint density at radius 3 is 2.22 bits per heavy atom. The quantitative estimate of drug-likeness (QED) is 0.807. The largest absolute Gasteiger partial charge is 0.328 e. The van der Waals surface area contributed by atoms with Gasteiger partial charge in [-0.05, 0) is 23.8 Å². The number of pyridine rings is 1. The van der Waals surface area contributed by atoms with Gasteiger partial charge >= 0.3 is 0 Å². The first kappa shape index (κ1) is 14.8. The van der Waals surface area contributed by atoms with Crippen molar-refractivity contribution < 1.29 is 4.79 Å². The molecule has 2 aromatic carbocycles. The third kappa shape index (κ3) is 3.06. The lowest BCUT2D eigenvalue weighted by Gasteiger charge is -2.17. The van der Waals surface area contributed by atoms with Gasteiger partial charge in [0, 0.05) is 24.5 Å². The van der Waals surface area contributed by atoms with Crippen LogP contribution in [0.5, 0.6) is 0 Å². The topological polar surface area (TPSA) is 53.2 Å². The number of para-hydroxylation sites is 1. The maximum absolute atomic E-state index is 12.6. The van der Waals surface area contributed by atoms with Gasteiger partial charge in [0.05, 0.1) is 5.56 Å². The molecule has 23 heavy (non-hydrogen) atoms. The highest BCUT2D eigenvalue weighted by Gasteiger charge is 2.15. The lowest BCUT2D eigenvalue weighted by Crippen LogP contribution is -2.27. The van der Waals surface area contributed by atoms with Gasteiger partial charge in [-0.25, -0.2) is 0 Å². The predicted octanol–water partition coefficient (Wildman–Crippen LogP) is 3.32. The Kier molecular flexibility index (Phi) is 4.06. The average molecular weight is 304 g/mol. The molecule has 0 aliphatic heterocycles. The van der Waals surface area contributed by atoms with Crippen LogP contribution in [0.4, 0.5) is 5.69 Å². The van der Waals surface area contributed by atoms with E-state index in [1.165, 1.54) is 6.20 Å². The molecule has 4 nitrogen and oxygen atoms in total. The van der Waals surface area contributed by atoms with Gasteiger partial charge in [-0.1, -0.05) is 48.5 Å². The summed E-state index contributed by atoms with van der Waals surface area (Å²) in [5, 5.41) is 0. The van der Waals surface area contributed by atoms with Gasteiger partial charge in [0.15, 0.2) is 0 Å². The van der Waals surface area contributed by atoms with Crippen LogP contribution >= 0.6 is 0 Å². The second-order valence-electron chi connectivity index (χ2n) is 5.20. The molecule has 0 bridgehead atoms. The second-order valence-corrected chi connectivity index (χ2v) is 5.20. The molecular weight excluding hydrogens is 288 g/mol. The third-order valence-corrected chi connectivity index (χ3v) is 3.68. The monoisotopic (exact) mass is 304 g/mol. The fraction of sp³-hybridized carbons (Fsp3) is 0.0526. The van der Waals surface area contributed by atoms with E-state index in [1.54, 1.807) is 18.0 Å². The summed E-state index contributed by atoms with van der Waals surface area (Å²) in [4.78, 5) is 28.9. The molecule has 1 amide bonds. The van der Waals surface area contributed by atoms with E-state index < -0.39 is 0 Å². The summed E-state index contributed by atoms with van der Waals surface area (Å²) < 4.78 is 0. The molecule has 0 saturated heterocycles. The Hall–Kier alpha value is -3.14. The minimum absolute atomic E-state index is 0.176. The zero-order valence-electron chi connectivity index (χ0n) is 12.7. The standard InChI is InChI=1S/C19H16N2O2/c1-21(16-10-6-3-7-11-16)19(23)15-12-17(18(22)20-13-15)14-8-4-2-5-9-14/h2-13H,1H3,(H,20,22). The maximum atomic E-state index is 12.6. The molecular formula is C19H16N2O2. The molecule has 0 spiro atoms. The van der Waals surface area contributed by atoms with Crippen LogP contribution in [0.15, 0.2) is 77.7 Å². The molecule has 3 aromatic rings. The number of anilines is 1. The van der Waals surface area contributed by atoms with E-state index in [9.17, 15) is 9.59 Å². The molecule has 1 N–H and O–H groups in total. The first-order valence-corrected chi connectivity index (χ1v) is 7.28. The number of H-pyrrole nitrogens is 1. The van der Waals surface area contributed by atoms with E-state index in [4.69, 9.17) is 0 Å². The Bertz CT molecular complexity index is 871. The predicted molar refractivity (Wildman–Crippen MR) is 91.7 cm³/mol. The van der Waals surface area contributed by atoms with E-state index in [2.05, 4.69) is 4.98 Å². The Morgan fingerprint density at radius 2 is 1.57 bits per heavy atom. The number of amides is 1. The molecule has 0 fully saturated rings. The van der Waals surface area contributed by atoms with Crippen molar-refractivity contribution in [3.63, 3.8) is 0 Å². The summed E-state index contributed by atoms with van der Waals surface area (Å²) in [7, 11) is 1.71. The smallest absolute Gasteiger partial charge is 0.259 e. The van der Waals surface area contributed by atoms with Crippen molar-refractivity contribution in [3.8, 4) is 11.1 Å². The van der Waals surface area contributed by atoms with E-state index >= 15 is 0 Å². The molecule has 0 aliphatic carbocycles. The molecule has 0 unspecified atom stereocenters. The van der Waals surface area contributed by atoms with Crippen LogP contribution in [0.25, 0.3) is 11.1 Å². The van der Waals surface area contributed by atoms with Crippen LogP contribution in [0.2, 0.25) is 0 Å². The highest BCUT2D eigenvalue weighted by atomic mass is 16.2. The van der Waals surface area contributed by atoms with Crippen LogP contribution in [-0.4, -0.2) is 17.9 Å². The van der Waals surface area contributed by atoms with Gasteiger partial charge in [0.1, 0.15) is 0 Å². The molecule has 0 saturated carbocycles. The van der Waals surface area contributed by atoms with Gasteiger partial charge in [0.2, 0.25) is 0 Å². The van der Waals surface area contributed by atoms with Gasteiger partial charge in [0.25, 0.3) is 11.5 Å². The van der Waals surface area contributed by atoms with E-state index in [0.29, 0.717) is 11.1 Å². The van der Waals surface area contributed by atoms with Crippen LogP contribution in [-0.2, 0) is 0 Å². The molecule has 4 heteroatoms. The lowest BCUT2D eigenvalue weighted by molar-refractivity contribution is 0.0992. The molecule has 3 rings (SSSR count). The number of hydrogen-bond acceptors (Lipinski definition) is 2. The number of aromatic nitrogens is 1. The van der Waals surface area contributed by atoms with Crippen molar-refractivity contribution in [2.45, 2.75) is 0 Å². The molecule has 1 aromatic heterocycles. The van der Waals surface area contributed by atoms with Crippen molar-refractivity contribution in [1.29, 1.82) is 0 Å². The van der Waals surface area contributed by atoms with Gasteiger partial charge in [-0.2, -0.15) is 0 Å². The zero-order valence-corrected chi connectivity index (χ0v) is 12.7. The van der Waals surface area contributed by atoms with Crippen molar-refractivity contribution in [1.82, 2.24) is 4.98 Å². The minimum atomic E-state index is -0.213. The van der Waals surface area contributed by atoms with Crippen molar-refractivity contribution in [3.05, 3.63) is 88.8 Å². The van der Waals surface area contributed by atoms with Crippen molar-refractivity contribution >= 4 is 11.6 Å². The zero-order chi connectivity index (χ0) is 16.2. The Morgan fingerprint density at radius 1 is 0.957 bits per heavy atom. The first-order valence-electron chi connectivity index (χ1n) is 7.28. The SMILES string of the molecule is CN(C(=O)c1c[nH]c(=O)c(-c2ccccc2)c1)c1ccccc1. The second kappa shape index (κ2) is 6.32. The third-order valence-electron chi connectivity index (χ3n) is 3.68. The molecule has 0 aliphatic rings. The number of nitrogens with zero attached hydrogens (tertiary/aromatic N) is 1. The van der Waals surface area contributed by atoms with Crippen molar-refractivity contribution in [2.75, 3.05) is 11.9 Å². The van der Waals surface area contributed by atoms with Crippen LogP contribution in [0.1, 0.15) is 10.4 Å². The number of nitrogens with one attached hydrogen (secondary N) is 1. The molecule has 0 radical (unpaired) electrons. The normalized spacial score (nSPS) is 10.3. The van der Waals surface area contributed by atoms with Gasteiger partial charge in [-0.15, -0.1) is 0 Å². The number of rotatable bonds is 3. The van der Waals surface area contributed by atoms with Gasteiger partial charge in [-0.3, -0.25) is 9.59 Å². The summed E-state index contributed by atoms with van der Waals surface area (Å²) in [6, 6.07) is 20.3. The maximum Gasteiger partial charge on any atom is 0.259 e. The number of aromatic amines is 1. The van der Waals surface area contributed by atoms with E-state index in [-0.39, 0.29) is 11.5 Å². The number of hydrogen-bond donors (Lipinski definition) is 1. The summed E-state index contributed by atoms with van der Waals surface area (Å²) in [5.74, 6) is -0.176. The summed E-state index contributed by atoms with van der Waals surface area (Å²) in [6.45, 7) is 0. The molecule has 0 atom stereocenters. The number of carbonyl (C=O) groups excluding carboxylic acids is 1. The van der Waals surface area contributed by atoms with Crippen LogP contribution < -0.4 is 10.5 Å². The summed E-state index contributed by atoms with van der Waals surface area (Å²) in [5.41, 5.74) is 2.29. The van der Waals surface area contributed by atoms with E-state index in [1.807, 2.05) is 60.7 Å². The average Bonchev–Trinajstić information content (AvgIpc) is 2.62. The van der Waals surface area contributed by atoms with Gasteiger partial charge < -0.3 is 9.88 Å². The highest BCUT2D eigenvalue weighted by Crippen LogP contribution is 2.18. The summed E-state index contributed by atoms with van der Waals surface area (Å²) in [6.07, 6.45) is 1.45. The lowest BCUT2D eigenvalue weighted by atomic mass is 10.1. The molecule has 1 heterocycles. The van der Waals surface area contributed by atoms with Crippen molar-refractivity contribution in [2.24, 2.45) is 0 Å². The van der Waals surface area contributed by atoms with Crippen LogP contribution in [0, 0.1) is 0 Å². The molecule has 114 valence electrons. The number of carbonyl (C=O) groups is 1.